The van der Waals surface area contributed by atoms with Gasteiger partial charge in [0.1, 0.15) is 5.82 Å². The van der Waals surface area contributed by atoms with Crippen LogP contribution in [0.15, 0.2) is 18.2 Å². The Morgan fingerprint density at radius 3 is 2.76 bits per heavy atom. The molecule has 0 saturated carbocycles. The van der Waals surface area contributed by atoms with Crippen LogP contribution >= 0.6 is 11.6 Å². The third-order valence-corrected chi connectivity index (χ3v) is 3.74. The lowest BCUT2D eigenvalue weighted by Crippen LogP contribution is -2.35. The van der Waals surface area contributed by atoms with Gasteiger partial charge < -0.3 is 5.73 Å². The monoisotopic (exact) mass is 256 g/mol. The van der Waals surface area contributed by atoms with Gasteiger partial charge in [-0.3, -0.25) is 4.90 Å². The van der Waals surface area contributed by atoms with Gasteiger partial charge in [0, 0.05) is 18.6 Å². The minimum Gasteiger partial charge on any atom is -0.326 e. The predicted octanol–water partition coefficient (Wildman–Crippen LogP) is 2.96. The summed E-state index contributed by atoms with van der Waals surface area (Å²) in [7, 11) is 0. The van der Waals surface area contributed by atoms with Crippen molar-refractivity contribution in [3.63, 3.8) is 0 Å². The maximum atomic E-state index is 13.5. The summed E-state index contributed by atoms with van der Waals surface area (Å²) in [4.78, 5) is 2.31. The number of nitrogens with two attached hydrogens (primary N) is 1. The van der Waals surface area contributed by atoms with E-state index in [0.29, 0.717) is 6.04 Å². The molecule has 0 aromatic heterocycles. The summed E-state index contributed by atoms with van der Waals surface area (Å²) >= 11 is 5.70. The fourth-order valence-corrected chi connectivity index (χ4v) is 2.67. The molecular formula is C13H18ClFN2. The first-order valence-corrected chi connectivity index (χ1v) is 6.34. The van der Waals surface area contributed by atoms with E-state index in [-0.39, 0.29) is 22.9 Å². The summed E-state index contributed by atoms with van der Waals surface area (Å²) in [5.74, 6) is -0.369. The van der Waals surface area contributed by atoms with Crippen LogP contribution in [0.5, 0.6) is 0 Å². The summed E-state index contributed by atoms with van der Waals surface area (Å²) in [6.07, 6.45) is 0.951. The number of nitrogens with zero attached hydrogens (tertiary/aromatic N) is 1. The molecule has 2 nitrogen and oxygen atoms in total. The van der Waals surface area contributed by atoms with E-state index in [9.17, 15) is 4.39 Å². The highest BCUT2D eigenvalue weighted by Crippen LogP contribution is 2.33. The van der Waals surface area contributed by atoms with E-state index in [1.54, 1.807) is 6.07 Å². The minimum absolute atomic E-state index is 0.0676. The molecule has 1 aliphatic rings. The molecule has 1 aromatic rings. The lowest BCUT2D eigenvalue weighted by atomic mass is 10.00. The fraction of sp³-hybridized carbons (Fsp3) is 0.538. The second kappa shape index (κ2) is 4.92. The van der Waals surface area contributed by atoms with E-state index in [4.69, 9.17) is 17.3 Å². The summed E-state index contributed by atoms with van der Waals surface area (Å²) in [5.41, 5.74) is 7.05. The van der Waals surface area contributed by atoms with Crippen molar-refractivity contribution in [3.05, 3.63) is 34.6 Å². The van der Waals surface area contributed by atoms with Gasteiger partial charge in [-0.25, -0.2) is 4.39 Å². The molecule has 1 heterocycles. The van der Waals surface area contributed by atoms with Gasteiger partial charge in [0.2, 0.25) is 0 Å². The molecule has 4 heteroatoms. The number of hydrogen-bond acceptors (Lipinski definition) is 2. The highest BCUT2D eigenvalue weighted by Gasteiger charge is 2.34. The van der Waals surface area contributed by atoms with Gasteiger partial charge in [0.25, 0.3) is 0 Å². The van der Waals surface area contributed by atoms with Crippen LogP contribution in [0.1, 0.15) is 31.9 Å². The summed E-state index contributed by atoms with van der Waals surface area (Å²) < 4.78 is 13.5. The Morgan fingerprint density at radius 2 is 2.18 bits per heavy atom. The smallest absolute Gasteiger partial charge is 0.142 e. The van der Waals surface area contributed by atoms with Crippen molar-refractivity contribution in [3.8, 4) is 0 Å². The third kappa shape index (κ3) is 2.46. The molecule has 2 atom stereocenters. The summed E-state index contributed by atoms with van der Waals surface area (Å²) in [5, 5.41) is 0.163. The standard InChI is InChI=1S/C13H18ClFN2/c1-8(2)17-6-5-12(16)13(17)9-3-4-10(14)11(15)7-9/h3-4,7-8,12-13H,5-6,16H2,1-2H3/t12-,13+/m0/s1. The van der Waals surface area contributed by atoms with Gasteiger partial charge in [-0.15, -0.1) is 0 Å². The number of likely N-dealkylation sites (tertiary alicyclic amines) is 1. The fourth-order valence-electron chi connectivity index (χ4n) is 2.56. The summed E-state index contributed by atoms with van der Waals surface area (Å²) in [6.45, 7) is 5.24. The first-order valence-electron chi connectivity index (χ1n) is 5.97. The van der Waals surface area contributed by atoms with Gasteiger partial charge in [0.15, 0.2) is 0 Å². The molecule has 2 N–H and O–H groups in total. The molecule has 0 amide bonds. The van der Waals surface area contributed by atoms with E-state index >= 15 is 0 Å². The van der Waals surface area contributed by atoms with Crippen LogP contribution in [-0.2, 0) is 0 Å². The second-order valence-electron chi connectivity index (χ2n) is 4.90. The Balaban J connectivity index is 2.33. The van der Waals surface area contributed by atoms with E-state index in [1.807, 2.05) is 6.07 Å². The van der Waals surface area contributed by atoms with Crippen molar-refractivity contribution in [1.82, 2.24) is 4.90 Å². The Labute approximate surface area is 107 Å². The highest BCUT2D eigenvalue weighted by molar-refractivity contribution is 6.30. The molecule has 1 saturated heterocycles. The first kappa shape index (κ1) is 12.8. The first-order chi connectivity index (χ1) is 8.00. The molecule has 0 radical (unpaired) electrons. The van der Waals surface area contributed by atoms with Crippen molar-refractivity contribution < 1.29 is 4.39 Å². The maximum absolute atomic E-state index is 13.5. The normalized spacial score (nSPS) is 25.8. The van der Waals surface area contributed by atoms with Crippen molar-refractivity contribution in [2.24, 2.45) is 5.73 Å². The Hall–Kier alpha value is -0.640. The van der Waals surface area contributed by atoms with E-state index < -0.39 is 0 Å². The van der Waals surface area contributed by atoms with Crippen LogP contribution in [0.3, 0.4) is 0 Å². The Bertz CT molecular complexity index is 408. The number of benzene rings is 1. The number of hydrogen-bond donors (Lipinski definition) is 1. The van der Waals surface area contributed by atoms with Crippen LogP contribution in [0.4, 0.5) is 4.39 Å². The Morgan fingerprint density at radius 1 is 1.47 bits per heavy atom. The molecule has 1 fully saturated rings. The second-order valence-corrected chi connectivity index (χ2v) is 5.31. The zero-order valence-electron chi connectivity index (χ0n) is 10.2. The molecule has 0 aliphatic carbocycles. The Kier molecular flexibility index (Phi) is 3.71. The van der Waals surface area contributed by atoms with E-state index in [1.165, 1.54) is 6.07 Å². The SMILES string of the molecule is CC(C)N1CC[C@H](N)[C@H]1c1ccc(Cl)c(F)c1. The lowest BCUT2D eigenvalue weighted by Gasteiger charge is -2.30. The predicted molar refractivity (Wildman–Crippen MR) is 68.6 cm³/mol. The lowest BCUT2D eigenvalue weighted by molar-refractivity contribution is 0.198. The van der Waals surface area contributed by atoms with Crippen molar-refractivity contribution >= 4 is 11.6 Å². The molecule has 0 spiro atoms. The van der Waals surface area contributed by atoms with Gasteiger partial charge in [-0.2, -0.15) is 0 Å². The van der Waals surface area contributed by atoms with Crippen LogP contribution in [0.2, 0.25) is 5.02 Å². The zero-order valence-corrected chi connectivity index (χ0v) is 10.9. The van der Waals surface area contributed by atoms with Crippen molar-refractivity contribution in [2.45, 2.75) is 38.4 Å². The number of rotatable bonds is 2. The van der Waals surface area contributed by atoms with Gasteiger partial charge in [-0.05, 0) is 38.0 Å². The molecule has 2 rings (SSSR count). The van der Waals surface area contributed by atoms with Crippen LogP contribution in [0, 0.1) is 5.82 Å². The zero-order chi connectivity index (χ0) is 12.6. The van der Waals surface area contributed by atoms with Crippen LogP contribution in [-0.4, -0.2) is 23.5 Å². The quantitative estimate of drug-likeness (QED) is 0.882. The average Bonchev–Trinajstić information content (AvgIpc) is 2.64. The molecule has 17 heavy (non-hydrogen) atoms. The maximum Gasteiger partial charge on any atom is 0.142 e. The van der Waals surface area contributed by atoms with Crippen molar-refractivity contribution in [1.29, 1.82) is 0 Å². The average molecular weight is 257 g/mol. The molecule has 1 aliphatic heterocycles. The minimum atomic E-state index is -0.369. The topological polar surface area (TPSA) is 29.3 Å². The molecule has 94 valence electrons. The van der Waals surface area contributed by atoms with Gasteiger partial charge in [0.05, 0.1) is 11.1 Å². The van der Waals surface area contributed by atoms with E-state index in [0.717, 1.165) is 18.5 Å². The van der Waals surface area contributed by atoms with Crippen LogP contribution < -0.4 is 5.73 Å². The summed E-state index contributed by atoms with van der Waals surface area (Å²) in [6, 6.07) is 5.56. The molecule has 0 unspecified atom stereocenters. The molecule has 1 aromatic carbocycles. The molecular weight excluding hydrogens is 239 g/mol. The van der Waals surface area contributed by atoms with E-state index in [2.05, 4.69) is 18.7 Å². The number of halogens is 2. The molecule has 0 bridgehead atoms. The third-order valence-electron chi connectivity index (χ3n) is 3.43. The van der Waals surface area contributed by atoms with Gasteiger partial charge >= 0.3 is 0 Å². The van der Waals surface area contributed by atoms with Crippen LogP contribution in [0.25, 0.3) is 0 Å². The van der Waals surface area contributed by atoms with Gasteiger partial charge in [-0.1, -0.05) is 17.7 Å². The largest absolute Gasteiger partial charge is 0.326 e. The highest BCUT2D eigenvalue weighted by atomic mass is 35.5. The van der Waals surface area contributed by atoms with Crippen molar-refractivity contribution in [2.75, 3.05) is 6.54 Å².